The third-order valence-electron chi connectivity index (χ3n) is 3.58. The third kappa shape index (κ3) is 3.42. The molecule has 18 heavy (non-hydrogen) atoms. The summed E-state index contributed by atoms with van der Waals surface area (Å²) in [6, 6.07) is 7.06. The zero-order valence-corrected chi connectivity index (χ0v) is 12.2. The lowest BCUT2D eigenvalue weighted by molar-refractivity contribution is 0.410. The number of benzene rings is 1. The molecule has 0 heterocycles. The van der Waals surface area contributed by atoms with Crippen molar-refractivity contribution in [1.29, 1.82) is 0 Å². The highest BCUT2D eigenvalue weighted by Gasteiger charge is 2.19. The average Bonchev–Trinajstić information content (AvgIpc) is 2.43. The van der Waals surface area contributed by atoms with E-state index in [0.717, 1.165) is 12.3 Å². The van der Waals surface area contributed by atoms with Gasteiger partial charge in [-0.15, -0.1) is 0 Å². The van der Waals surface area contributed by atoms with Gasteiger partial charge in [-0.05, 0) is 67.5 Å². The van der Waals surface area contributed by atoms with Crippen LogP contribution in [0.5, 0.6) is 5.75 Å². The highest BCUT2D eigenvalue weighted by molar-refractivity contribution is 7.98. The molecule has 0 amide bonds. The fraction of sp³-hybridized carbons (Fsp3) is 0.600. The molecule has 1 unspecified atom stereocenters. The Kier molecular flexibility index (Phi) is 5.39. The minimum Gasteiger partial charge on any atom is -0.497 e. The van der Waals surface area contributed by atoms with Crippen LogP contribution in [0, 0.1) is 0 Å². The minimum atomic E-state index is 0.543. The Bertz CT molecular complexity index is 381. The molecule has 0 saturated carbocycles. The number of rotatable bonds is 6. The zero-order valence-electron chi connectivity index (χ0n) is 11.4. The SMILES string of the molecule is COc1ccc2c(c1)CCCC2NCCCSC. The summed E-state index contributed by atoms with van der Waals surface area (Å²) in [5.74, 6) is 2.23. The Morgan fingerprint density at radius 3 is 3.11 bits per heavy atom. The van der Waals surface area contributed by atoms with Gasteiger partial charge >= 0.3 is 0 Å². The molecule has 2 rings (SSSR count). The van der Waals surface area contributed by atoms with E-state index in [1.165, 1.54) is 42.6 Å². The van der Waals surface area contributed by atoms with Crippen molar-refractivity contribution in [3.8, 4) is 5.75 Å². The molecule has 1 aromatic rings. The fourth-order valence-corrected chi connectivity index (χ4v) is 3.06. The predicted molar refractivity (Wildman–Crippen MR) is 79.7 cm³/mol. The van der Waals surface area contributed by atoms with Crippen LogP contribution in [0.15, 0.2) is 18.2 Å². The highest BCUT2D eigenvalue weighted by Crippen LogP contribution is 2.32. The van der Waals surface area contributed by atoms with Crippen LogP contribution in [-0.2, 0) is 6.42 Å². The number of methoxy groups -OCH3 is 1. The summed E-state index contributed by atoms with van der Waals surface area (Å²) < 4.78 is 5.31. The molecule has 1 aliphatic rings. The van der Waals surface area contributed by atoms with Crippen LogP contribution in [0.4, 0.5) is 0 Å². The van der Waals surface area contributed by atoms with Crippen molar-refractivity contribution in [3.63, 3.8) is 0 Å². The molecule has 100 valence electrons. The number of hydrogen-bond donors (Lipinski definition) is 1. The Hall–Kier alpha value is -0.670. The number of aryl methyl sites for hydroxylation is 1. The van der Waals surface area contributed by atoms with E-state index >= 15 is 0 Å². The molecule has 1 aliphatic carbocycles. The van der Waals surface area contributed by atoms with Crippen molar-refractivity contribution in [2.75, 3.05) is 25.7 Å². The van der Waals surface area contributed by atoms with Crippen LogP contribution in [0.1, 0.15) is 36.4 Å². The van der Waals surface area contributed by atoms with Crippen LogP contribution in [0.25, 0.3) is 0 Å². The van der Waals surface area contributed by atoms with Gasteiger partial charge in [0.05, 0.1) is 7.11 Å². The summed E-state index contributed by atoms with van der Waals surface area (Å²) >= 11 is 1.92. The van der Waals surface area contributed by atoms with Gasteiger partial charge in [-0.1, -0.05) is 6.07 Å². The van der Waals surface area contributed by atoms with Crippen LogP contribution < -0.4 is 10.1 Å². The van der Waals surface area contributed by atoms with E-state index in [-0.39, 0.29) is 0 Å². The van der Waals surface area contributed by atoms with Crippen molar-refractivity contribution < 1.29 is 4.74 Å². The topological polar surface area (TPSA) is 21.3 Å². The minimum absolute atomic E-state index is 0.543. The van der Waals surface area contributed by atoms with Gasteiger partial charge in [0.15, 0.2) is 0 Å². The molecule has 2 nitrogen and oxygen atoms in total. The molecule has 0 aliphatic heterocycles. The van der Waals surface area contributed by atoms with E-state index < -0.39 is 0 Å². The maximum Gasteiger partial charge on any atom is 0.119 e. The van der Waals surface area contributed by atoms with Crippen molar-refractivity contribution in [3.05, 3.63) is 29.3 Å². The first-order valence-electron chi connectivity index (χ1n) is 6.74. The molecule has 1 atom stereocenters. The normalized spacial score (nSPS) is 18.4. The van der Waals surface area contributed by atoms with E-state index in [1.54, 1.807) is 7.11 Å². The summed E-state index contributed by atoms with van der Waals surface area (Å²) in [5.41, 5.74) is 2.94. The molecule has 0 saturated heterocycles. The van der Waals surface area contributed by atoms with Gasteiger partial charge in [-0.3, -0.25) is 0 Å². The largest absolute Gasteiger partial charge is 0.497 e. The van der Waals surface area contributed by atoms with Gasteiger partial charge in [0.1, 0.15) is 5.75 Å². The van der Waals surface area contributed by atoms with Crippen molar-refractivity contribution in [2.45, 2.75) is 31.7 Å². The predicted octanol–water partition coefficient (Wildman–Crippen LogP) is 3.42. The lowest BCUT2D eigenvalue weighted by Gasteiger charge is -2.27. The van der Waals surface area contributed by atoms with Gasteiger partial charge < -0.3 is 10.1 Å². The second-order valence-corrected chi connectivity index (χ2v) is 5.80. The fourth-order valence-electron chi connectivity index (χ4n) is 2.62. The first-order valence-corrected chi connectivity index (χ1v) is 8.13. The monoisotopic (exact) mass is 265 g/mol. The molecule has 0 aromatic heterocycles. The van der Waals surface area contributed by atoms with E-state index in [4.69, 9.17) is 4.74 Å². The lowest BCUT2D eigenvalue weighted by Crippen LogP contribution is -2.26. The maximum atomic E-state index is 5.31. The van der Waals surface area contributed by atoms with Gasteiger partial charge in [0, 0.05) is 6.04 Å². The van der Waals surface area contributed by atoms with E-state index in [9.17, 15) is 0 Å². The molecule has 1 N–H and O–H groups in total. The second-order valence-electron chi connectivity index (χ2n) is 4.81. The van der Waals surface area contributed by atoms with Gasteiger partial charge in [0.25, 0.3) is 0 Å². The number of thioether (sulfide) groups is 1. The molecule has 3 heteroatoms. The third-order valence-corrected chi connectivity index (χ3v) is 4.28. The van der Waals surface area contributed by atoms with Gasteiger partial charge in [-0.2, -0.15) is 11.8 Å². The van der Waals surface area contributed by atoms with Gasteiger partial charge in [0.2, 0.25) is 0 Å². The Morgan fingerprint density at radius 1 is 1.44 bits per heavy atom. The van der Waals surface area contributed by atoms with Crippen LogP contribution in [0.3, 0.4) is 0 Å². The van der Waals surface area contributed by atoms with E-state index in [0.29, 0.717) is 6.04 Å². The number of fused-ring (bicyclic) bond motifs is 1. The van der Waals surface area contributed by atoms with Crippen LogP contribution >= 0.6 is 11.8 Å². The molecule has 0 spiro atoms. The molecule has 0 fully saturated rings. The molecule has 0 radical (unpaired) electrons. The summed E-state index contributed by atoms with van der Waals surface area (Å²) in [6.07, 6.45) is 7.15. The highest BCUT2D eigenvalue weighted by atomic mass is 32.2. The summed E-state index contributed by atoms with van der Waals surface area (Å²) in [7, 11) is 1.74. The van der Waals surface area contributed by atoms with Crippen molar-refractivity contribution in [2.24, 2.45) is 0 Å². The maximum absolute atomic E-state index is 5.31. The molecule has 1 aromatic carbocycles. The molecular weight excluding hydrogens is 242 g/mol. The lowest BCUT2D eigenvalue weighted by atomic mass is 9.87. The number of hydrogen-bond acceptors (Lipinski definition) is 3. The first kappa shape index (κ1) is 13.8. The number of nitrogens with one attached hydrogen (secondary N) is 1. The Labute approximate surface area is 114 Å². The van der Waals surface area contributed by atoms with Crippen LogP contribution in [0.2, 0.25) is 0 Å². The summed E-state index contributed by atoms with van der Waals surface area (Å²) in [4.78, 5) is 0. The van der Waals surface area contributed by atoms with Crippen molar-refractivity contribution in [1.82, 2.24) is 5.32 Å². The second kappa shape index (κ2) is 7.05. The standard InChI is InChI=1S/C15H23NOS/c1-17-13-7-8-14-12(11-13)5-3-6-15(14)16-9-4-10-18-2/h7-8,11,15-16H,3-6,9-10H2,1-2H3. The summed E-state index contributed by atoms with van der Waals surface area (Å²) in [6.45, 7) is 1.12. The van der Waals surface area contributed by atoms with Crippen LogP contribution in [-0.4, -0.2) is 25.7 Å². The Balaban J connectivity index is 1.99. The quantitative estimate of drug-likeness (QED) is 0.796. The number of ether oxygens (including phenoxy) is 1. The van der Waals surface area contributed by atoms with E-state index in [2.05, 4.69) is 29.8 Å². The smallest absolute Gasteiger partial charge is 0.119 e. The Morgan fingerprint density at radius 2 is 2.33 bits per heavy atom. The average molecular weight is 265 g/mol. The molecular formula is C15H23NOS. The summed E-state index contributed by atoms with van der Waals surface area (Å²) in [5, 5.41) is 3.70. The molecule has 0 bridgehead atoms. The van der Waals surface area contributed by atoms with Gasteiger partial charge in [-0.25, -0.2) is 0 Å². The van der Waals surface area contributed by atoms with E-state index in [1.807, 2.05) is 11.8 Å². The zero-order chi connectivity index (χ0) is 12.8. The van der Waals surface area contributed by atoms with Crippen molar-refractivity contribution >= 4 is 11.8 Å². The first-order chi connectivity index (χ1) is 8.85.